The van der Waals surface area contributed by atoms with E-state index in [0.717, 1.165) is 0 Å². The van der Waals surface area contributed by atoms with Crippen molar-refractivity contribution in [2.45, 2.75) is 5.09 Å². The molecule has 1 heterocycles. The summed E-state index contributed by atoms with van der Waals surface area (Å²) in [7, 11) is 0. The first-order valence-corrected chi connectivity index (χ1v) is 4.91. The van der Waals surface area contributed by atoms with Crippen LogP contribution in [0.4, 0.5) is 0 Å². The summed E-state index contributed by atoms with van der Waals surface area (Å²) in [6.07, 6.45) is 0. The van der Waals surface area contributed by atoms with Crippen LogP contribution in [-0.2, 0) is 11.1 Å². The molecule has 0 fully saturated rings. The molecule has 0 aliphatic rings. The number of hydrogen-bond acceptors (Lipinski definition) is 3. The molecule has 0 saturated carbocycles. The molecular formula is C8H4ClLiO3S. The van der Waals surface area contributed by atoms with Gasteiger partial charge in [0.1, 0.15) is 10.6 Å². The van der Waals surface area contributed by atoms with Crippen molar-refractivity contribution in [3.05, 3.63) is 29.3 Å². The van der Waals surface area contributed by atoms with Gasteiger partial charge < -0.3 is 8.97 Å². The molecule has 1 aromatic carbocycles. The molecule has 2 aromatic rings. The van der Waals surface area contributed by atoms with Gasteiger partial charge in [-0.15, -0.1) is 0 Å². The van der Waals surface area contributed by atoms with E-state index >= 15 is 0 Å². The molecule has 0 amide bonds. The van der Waals surface area contributed by atoms with Crippen LogP contribution in [0.2, 0.25) is 5.02 Å². The minimum Gasteiger partial charge on any atom is -0.766 e. The summed E-state index contributed by atoms with van der Waals surface area (Å²) in [6.45, 7) is 0. The third-order valence-electron chi connectivity index (χ3n) is 1.66. The van der Waals surface area contributed by atoms with Crippen LogP contribution in [0.1, 0.15) is 0 Å². The third-order valence-corrected chi connectivity index (χ3v) is 2.73. The summed E-state index contributed by atoms with van der Waals surface area (Å²) in [5.41, 5.74) is 0.478. The van der Waals surface area contributed by atoms with Crippen LogP contribution in [0, 0.1) is 0 Å². The maximum atomic E-state index is 10.6. The van der Waals surface area contributed by atoms with E-state index in [4.69, 9.17) is 16.0 Å². The van der Waals surface area contributed by atoms with Gasteiger partial charge in [-0.05, 0) is 12.1 Å². The summed E-state index contributed by atoms with van der Waals surface area (Å²) >= 11 is 3.34. The second-order valence-corrected chi connectivity index (χ2v) is 3.65. The number of para-hydroxylation sites is 1. The van der Waals surface area contributed by atoms with E-state index in [0.29, 0.717) is 11.0 Å². The predicted molar refractivity (Wildman–Crippen MR) is 48.4 cm³/mol. The first-order chi connectivity index (χ1) is 6.20. The maximum absolute atomic E-state index is 10.6. The topological polar surface area (TPSA) is 53.3 Å². The molecule has 0 N–H and O–H groups in total. The minimum absolute atomic E-state index is 0. The van der Waals surface area contributed by atoms with Gasteiger partial charge >= 0.3 is 18.9 Å². The Kier molecular flexibility index (Phi) is 3.82. The molecule has 0 radical (unpaired) electrons. The molecule has 0 saturated heterocycles. The van der Waals surface area contributed by atoms with Crippen LogP contribution in [0.3, 0.4) is 0 Å². The van der Waals surface area contributed by atoms with Gasteiger partial charge in [0.2, 0.25) is 0 Å². The summed E-state index contributed by atoms with van der Waals surface area (Å²) in [4.78, 5) is 0. The van der Waals surface area contributed by atoms with E-state index in [9.17, 15) is 8.76 Å². The summed E-state index contributed by atoms with van der Waals surface area (Å²) in [5.74, 6) is 0. The molecule has 1 aromatic heterocycles. The van der Waals surface area contributed by atoms with Crippen molar-refractivity contribution in [1.29, 1.82) is 0 Å². The van der Waals surface area contributed by atoms with Gasteiger partial charge in [-0.25, -0.2) is 0 Å². The molecule has 1 atom stereocenters. The molecule has 2 rings (SSSR count). The fourth-order valence-electron chi connectivity index (χ4n) is 1.10. The first kappa shape index (κ1) is 11.8. The molecule has 0 aliphatic carbocycles. The zero-order chi connectivity index (χ0) is 9.42. The van der Waals surface area contributed by atoms with Crippen LogP contribution in [-0.4, -0.2) is 8.76 Å². The number of fused-ring (bicyclic) bond motifs is 1. The monoisotopic (exact) mass is 222 g/mol. The maximum Gasteiger partial charge on any atom is 1.00 e. The molecule has 3 nitrogen and oxygen atoms in total. The normalized spacial score (nSPS) is 12.4. The van der Waals surface area contributed by atoms with Crippen molar-refractivity contribution in [3.63, 3.8) is 0 Å². The molecule has 1 unspecified atom stereocenters. The van der Waals surface area contributed by atoms with Gasteiger partial charge in [-0.3, -0.25) is 4.21 Å². The summed E-state index contributed by atoms with van der Waals surface area (Å²) in [5, 5.41) is 0.551. The Bertz CT molecular complexity index is 482. The molecule has 14 heavy (non-hydrogen) atoms. The standard InChI is InChI=1S/C8H5ClO3S.Li/c9-7-5-3-1-2-4-6(5)12-8(7)13(10)11;/h1-4H,(H,10,11);/q;+1/p-1. The van der Waals surface area contributed by atoms with Crippen LogP contribution in [0.25, 0.3) is 11.0 Å². The van der Waals surface area contributed by atoms with Crippen molar-refractivity contribution >= 4 is 33.7 Å². The smallest absolute Gasteiger partial charge is 0.766 e. The number of benzene rings is 1. The Hall–Kier alpha value is -0.243. The van der Waals surface area contributed by atoms with E-state index in [1.54, 1.807) is 24.3 Å². The summed E-state index contributed by atoms with van der Waals surface area (Å²) in [6, 6.07) is 6.88. The largest absolute Gasteiger partial charge is 1.00 e. The average Bonchev–Trinajstić information content (AvgIpc) is 2.45. The Morgan fingerprint density at radius 3 is 2.57 bits per heavy atom. The van der Waals surface area contributed by atoms with E-state index in [1.165, 1.54) is 0 Å². The Labute approximate surface area is 99.9 Å². The Morgan fingerprint density at radius 2 is 2.00 bits per heavy atom. The van der Waals surface area contributed by atoms with Crippen molar-refractivity contribution in [3.8, 4) is 0 Å². The Morgan fingerprint density at radius 1 is 1.36 bits per heavy atom. The number of hydrogen-bond donors (Lipinski definition) is 0. The average molecular weight is 223 g/mol. The molecular weight excluding hydrogens is 219 g/mol. The first-order valence-electron chi connectivity index (χ1n) is 3.46. The second-order valence-electron chi connectivity index (χ2n) is 2.43. The van der Waals surface area contributed by atoms with Crippen molar-refractivity contribution in [1.82, 2.24) is 0 Å². The van der Waals surface area contributed by atoms with Crippen LogP contribution >= 0.6 is 11.6 Å². The number of halogens is 1. The van der Waals surface area contributed by atoms with Gasteiger partial charge in [0.05, 0.1) is 0 Å². The SMILES string of the molecule is O=S([O-])c1oc2ccccc2c1Cl.[Li+]. The number of furan rings is 1. The minimum atomic E-state index is -2.42. The predicted octanol–water partition coefficient (Wildman–Crippen LogP) is -0.672. The van der Waals surface area contributed by atoms with Gasteiger partial charge in [-0.2, -0.15) is 0 Å². The van der Waals surface area contributed by atoms with Gasteiger partial charge in [-0.1, -0.05) is 23.7 Å². The zero-order valence-corrected chi connectivity index (χ0v) is 8.89. The van der Waals surface area contributed by atoms with Gasteiger partial charge in [0.25, 0.3) is 0 Å². The molecule has 0 aliphatic heterocycles. The molecule has 0 bridgehead atoms. The quantitative estimate of drug-likeness (QED) is 0.475. The van der Waals surface area contributed by atoms with Crippen LogP contribution < -0.4 is 18.9 Å². The molecule has 0 spiro atoms. The number of rotatable bonds is 1. The molecule has 68 valence electrons. The second kappa shape index (κ2) is 4.52. The van der Waals surface area contributed by atoms with E-state index in [2.05, 4.69) is 0 Å². The molecule has 6 heteroatoms. The van der Waals surface area contributed by atoms with E-state index in [1.807, 2.05) is 0 Å². The van der Waals surface area contributed by atoms with Crippen molar-refractivity contribution in [2.75, 3.05) is 0 Å². The van der Waals surface area contributed by atoms with Crippen LogP contribution in [0.5, 0.6) is 0 Å². The Balaban J connectivity index is 0.000000980. The van der Waals surface area contributed by atoms with Gasteiger partial charge in [0.15, 0.2) is 5.09 Å². The fourth-order valence-corrected chi connectivity index (χ4v) is 1.90. The van der Waals surface area contributed by atoms with Crippen LogP contribution in [0.15, 0.2) is 33.8 Å². The summed E-state index contributed by atoms with van der Waals surface area (Å²) < 4.78 is 26.2. The van der Waals surface area contributed by atoms with E-state index < -0.39 is 11.1 Å². The third kappa shape index (κ3) is 1.90. The van der Waals surface area contributed by atoms with E-state index in [-0.39, 0.29) is 29.0 Å². The van der Waals surface area contributed by atoms with Crippen molar-refractivity contribution < 1.29 is 32.0 Å². The fraction of sp³-hybridized carbons (Fsp3) is 0. The zero-order valence-electron chi connectivity index (χ0n) is 7.32. The van der Waals surface area contributed by atoms with Crippen molar-refractivity contribution in [2.24, 2.45) is 0 Å². The van der Waals surface area contributed by atoms with Gasteiger partial charge in [0, 0.05) is 16.5 Å².